The molecule has 0 aromatic carbocycles. The van der Waals surface area contributed by atoms with Crippen LogP contribution in [0.15, 0.2) is 4.99 Å². The minimum Gasteiger partial charge on any atom is -0.483 e. The van der Waals surface area contributed by atoms with E-state index in [0.717, 1.165) is 5.90 Å². The van der Waals surface area contributed by atoms with Gasteiger partial charge in [-0.15, -0.1) is 0 Å². The Morgan fingerprint density at radius 2 is 2.15 bits per heavy atom. The van der Waals surface area contributed by atoms with Crippen molar-refractivity contribution in [1.29, 1.82) is 0 Å². The van der Waals surface area contributed by atoms with Crippen LogP contribution >= 0.6 is 0 Å². The van der Waals surface area contributed by atoms with Gasteiger partial charge in [0, 0.05) is 7.11 Å². The SMILES string of the molecule is COC1=N[C@@H](C(C)C)C(OC)NC1. The van der Waals surface area contributed by atoms with Crippen LogP contribution < -0.4 is 5.32 Å². The van der Waals surface area contributed by atoms with E-state index in [4.69, 9.17) is 9.47 Å². The monoisotopic (exact) mass is 186 g/mol. The van der Waals surface area contributed by atoms with Crippen LogP contribution in [0.5, 0.6) is 0 Å². The minimum absolute atomic E-state index is 0.0129. The van der Waals surface area contributed by atoms with E-state index in [-0.39, 0.29) is 12.3 Å². The molecule has 0 spiro atoms. The molecule has 1 heterocycles. The van der Waals surface area contributed by atoms with Crippen LogP contribution in [0.3, 0.4) is 0 Å². The topological polar surface area (TPSA) is 42.9 Å². The maximum absolute atomic E-state index is 5.28. The number of hydrogen-bond donors (Lipinski definition) is 1. The molecule has 0 aliphatic carbocycles. The molecule has 0 saturated heterocycles. The van der Waals surface area contributed by atoms with Gasteiger partial charge in [-0.1, -0.05) is 13.8 Å². The number of methoxy groups -OCH3 is 2. The maximum atomic E-state index is 5.28. The Morgan fingerprint density at radius 1 is 1.46 bits per heavy atom. The third-order valence-electron chi connectivity index (χ3n) is 2.23. The average molecular weight is 186 g/mol. The summed E-state index contributed by atoms with van der Waals surface area (Å²) in [5, 5.41) is 3.22. The number of nitrogens with zero attached hydrogens (tertiary/aromatic N) is 1. The lowest BCUT2D eigenvalue weighted by Gasteiger charge is -2.31. The highest BCUT2D eigenvalue weighted by molar-refractivity contribution is 5.79. The molecular weight excluding hydrogens is 168 g/mol. The third-order valence-corrected chi connectivity index (χ3v) is 2.23. The van der Waals surface area contributed by atoms with Crippen LogP contribution in [0.2, 0.25) is 0 Å². The van der Waals surface area contributed by atoms with Crippen LogP contribution in [0.4, 0.5) is 0 Å². The molecule has 13 heavy (non-hydrogen) atoms. The van der Waals surface area contributed by atoms with Crippen molar-refractivity contribution in [2.75, 3.05) is 20.8 Å². The fourth-order valence-electron chi connectivity index (χ4n) is 1.43. The molecule has 1 unspecified atom stereocenters. The summed E-state index contributed by atoms with van der Waals surface area (Å²) in [5.74, 6) is 1.20. The van der Waals surface area contributed by atoms with Gasteiger partial charge in [0.1, 0.15) is 6.23 Å². The molecule has 0 radical (unpaired) electrons. The van der Waals surface area contributed by atoms with Crippen molar-refractivity contribution in [2.45, 2.75) is 26.1 Å². The minimum atomic E-state index is 0.0129. The van der Waals surface area contributed by atoms with Crippen LogP contribution in [0.1, 0.15) is 13.8 Å². The fourth-order valence-corrected chi connectivity index (χ4v) is 1.43. The van der Waals surface area contributed by atoms with Crippen LogP contribution in [0, 0.1) is 5.92 Å². The van der Waals surface area contributed by atoms with Crippen molar-refractivity contribution in [3.8, 4) is 0 Å². The van der Waals surface area contributed by atoms with Gasteiger partial charge in [0.2, 0.25) is 0 Å². The van der Waals surface area contributed by atoms with Gasteiger partial charge in [0.05, 0.1) is 19.7 Å². The maximum Gasteiger partial charge on any atom is 0.197 e. The Kier molecular flexibility index (Phi) is 3.69. The van der Waals surface area contributed by atoms with Gasteiger partial charge in [0.25, 0.3) is 0 Å². The third kappa shape index (κ3) is 2.42. The van der Waals surface area contributed by atoms with E-state index in [0.29, 0.717) is 12.5 Å². The Labute approximate surface area is 79.3 Å². The zero-order valence-corrected chi connectivity index (χ0v) is 8.70. The Bertz CT molecular complexity index is 192. The molecule has 0 aromatic heterocycles. The Balaban J connectivity index is 2.70. The van der Waals surface area contributed by atoms with Gasteiger partial charge in [-0.3, -0.25) is 5.32 Å². The highest BCUT2D eigenvalue weighted by Gasteiger charge is 2.28. The number of aliphatic imine (C=N–C) groups is 1. The summed E-state index contributed by atoms with van der Waals surface area (Å²) in [4.78, 5) is 4.46. The van der Waals surface area contributed by atoms with E-state index < -0.39 is 0 Å². The molecule has 2 atom stereocenters. The van der Waals surface area contributed by atoms with E-state index in [1.54, 1.807) is 14.2 Å². The highest BCUT2D eigenvalue weighted by Crippen LogP contribution is 2.15. The predicted molar refractivity (Wildman–Crippen MR) is 51.9 cm³/mol. The standard InChI is InChI=1S/C9H18N2O2/c1-6(2)8-9(13-4)10-5-7(11-8)12-3/h6,8-10H,5H2,1-4H3/t8-,9?/m0/s1. The molecule has 4 heteroatoms. The van der Waals surface area contributed by atoms with Crippen LogP contribution in [0.25, 0.3) is 0 Å². The molecule has 1 aliphatic heterocycles. The van der Waals surface area contributed by atoms with Gasteiger partial charge in [0.15, 0.2) is 5.90 Å². The molecule has 0 bridgehead atoms. The normalized spacial score (nSPS) is 28.8. The summed E-state index contributed by atoms with van der Waals surface area (Å²) >= 11 is 0. The van der Waals surface area contributed by atoms with E-state index >= 15 is 0 Å². The van der Waals surface area contributed by atoms with E-state index in [1.165, 1.54) is 0 Å². The fraction of sp³-hybridized carbons (Fsp3) is 0.889. The van der Waals surface area contributed by atoms with Gasteiger partial charge >= 0.3 is 0 Å². The molecular formula is C9H18N2O2. The summed E-state index contributed by atoms with van der Waals surface area (Å²) < 4.78 is 10.4. The first-order chi connectivity index (χ1) is 6.19. The number of nitrogens with one attached hydrogen (secondary N) is 1. The average Bonchev–Trinajstić information content (AvgIpc) is 2.16. The van der Waals surface area contributed by atoms with Crippen LogP contribution in [-0.4, -0.2) is 38.9 Å². The van der Waals surface area contributed by atoms with Crippen molar-refractivity contribution in [2.24, 2.45) is 10.9 Å². The number of ether oxygens (including phenoxy) is 2. The number of hydrogen-bond acceptors (Lipinski definition) is 4. The molecule has 76 valence electrons. The zero-order chi connectivity index (χ0) is 9.84. The lowest BCUT2D eigenvalue weighted by atomic mass is 10.0. The van der Waals surface area contributed by atoms with Gasteiger partial charge in [-0.25, -0.2) is 4.99 Å². The van der Waals surface area contributed by atoms with E-state index in [2.05, 4.69) is 24.2 Å². The molecule has 0 fully saturated rings. The van der Waals surface area contributed by atoms with Gasteiger partial charge < -0.3 is 9.47 Å². The first-order valence-electron chi connectivity index (χ1n) is 4.56. The summed E-state index contributed by atoms with van der Waals surface area (Å²) in [6, 6.07) is 0.147. The summed E-state index contributed by atoms with van der Waals surface area (Å²) in [6.45, 7) is 4.90. The molecule has 0 aromatic rings. The summed E-state index contributed by atoms with van der Waals surface area (Å²) in [7, 11) is 3.34. The second-order valence-electron chi connectivity index (χ2n) is 3.50. The second kappa shape index (κ2) is 4.58. The lowest BCUT2D eigenvalue weighted by Crippen LogP contribution is -2.49. The molecule has 4 nitrogen and oxygen atoms in total. The van der Waals surface area contributed by atoms with E-state index in [1.807, 2.05) is 0 Å². The Hall–Kier alpha value is -0.610. The summed E-state index contributed by atoms with van der Waals surface area (Å²) in [5.41, 5.74) is 0. The van der Waals surface area contributed by atoms with E-state index in [9.17, 15) is 0 Å². The van der Waals surface area contributed by atoms with Gasteiger partial charge in [-0.05, 0) is 5.92 Å². The second-order valence-corrected chi connectivity index (χ2v) is 3.50. The largest absolute Gasteiger partial charge is 0.483 e. The first kappa shape index (κ1) is 10.5. The molecule has 0 amide bonds. The molecule has 1 aliphatic rings. The van der Waals surface area contributed by atoms with Gasteiger partial charge in [-0.2, -0.15) is 0 Å². The molecule has 0 saturated carbocycles. The smallest absolute Gasteiger partial charge is 0.197 e. The van der Waals surface area contributed by atoms with Crippen molar-refractivity contribution in [3.05, 3.63) is 0 Å². The van der Waals surface area contributed by atoms with Crippen molar-refractivity contribution in [3.63, 3.8) is 0 Å². The van der Waals surface area contributed by atoms with Crippen molar-refractivity contribution < 1.29 is 9.47 Å². The number of rotatable bonds is 2. The quantitative estimate of drug-likeness (QED) is 0.688. The summed E-state index contributed by atoms with van der Waals surface area (Å²) in [6.07, 6.45) is 0.0129. The van der Waals surface area contributed by atoms with Crippen LogP contribution in [-0.2, 0) is 9.47 Å². The highest BCUT2D eigenvalue weighted by atomic mass is 16.5. The van der Waals surface area contributed by atoms with Crippen molar-refractivity contribution in [1.82, 2.24) is 5.32 Å². The first-order valence-corrected chi connectivity index (χ1v) is 4.56. The molecule has 1 N–H and O–H groups in total. The zero-order valence-electron chi connectivity index (χ0n) is 8.70. The Morgan fingerprint density at radius 3 is 2.62 bits per heavy atom. The predicted octanol–water partition coefficient (Wildman–Crippen LogP) is 0.632. The van der Waals surface area contributed by atoms with Crippen molar-refractivity contribution >= 4 is 5.90 Å². The molecule has 1 rings (SSSR count). The lowest BCUT2D eigenvalue weighted by molar-refractivity contribution is 0.0369.